The molecule has 0 amide bonds. The number of hydrogen-bond donors (Lipinski definition) is 2. The second kappa shape index (κ2) is 5.48. The highest BCUT2D eigenvalue weighted by Gasteiger charge is 2.35. The van der Waals surface area contributed by atoms with Gasteiger partial charge in [0.2, 0.25) is 0 Å². The zero-order valence-corrected chi connectivity index (χ0v) is 13.6. The van der Waals surface area contributed by atoms with E-state index in [1.165, 1.54) is 41.4 Å². The van der Waals surface area contributed by atoms with Crippen LogP contribution in [0.3, 0.4) is 0 Å². The van der Waals surface area contributed by atoms with Crippen molar-refractivity contribution in [3.8, 4) is 0 Å². The van der Waals surface area contributed by atoms with Gasteiger partial charge in [-0.05, 0) is 73.5 Å². The maximum atomic E-state index is 5.81. The Bertz CT molecular complexity index is 449. The third-order valence-corrected chi connectivity index (χ3v) is 5.59. The van der Waals surface area contributed by atoms with Gasteiger partial charge in [0.15, 0.2) is 0 Å². The highest BCUT2D eigenvalue weighted by molar-refractivity contribution is 14.1. The van der Waals surface area contributed by atoms with Gasteiger partial charge in [-0.25, -0.2) is 0 Å². The first-order chi connectivity index (χ1) is 9.13. The van der Waals surface area contributed by atoms with Gasteiger partial charge in [-0.1, -0.05) is 6.42 Å². The lowest BCUT2D eigenvalue weighted by Gasteiger charge is -2.47. The molecule has 2 atom stereocenters. The van der Waals surface area contributed by atoms with E-state index < -0.39 is 0 Å². The van der Waals surface area contributed by atoms with Crippen LogP contribution in [0.25, 0.3) is 0 Å². The van der Waals surface area contributed by atoms with Crippen LogP contribution in [-0.4, -0.2) is 30.1 Å². The molecule has 2 bridgehead atoms. The zero-order valence-electron chi connectivity index (χ0n) is 11.4. The minimum atomic E-state index is 0.614. The molecule has 2 heterocycles. The summed E-state index contributed by atoms with van der Waals surface area (Å²) >= 11 is 2.37. The molecule has 0 aromatic heterocycles. The van der Waals surface area contributed by atoms with Crippen molar-refractivity contribution in [2.75, 3.05) is 18.1 Å². The van der Waals surface area contributed by atoms with Crippen LogP contribution in [0.5, 0.6) is 0 Å². The van der Waals surface area contributed by atoms with E-state index in [4.69, 9.17) is 5.73 Å². The van der Waals surface area contributed by atoms with Crippen LogP contribution in [0.1, 0.15) is 32.1 Å². The van der Waals surface area contributed by atoms with Gasteiger partial charge in [-0.2, -0.15) is 0 Å². The number of hydrogen-bond acceptors (Lipinski definition) is 3. The van der Waals surface area contributed by atoms with Crippen molar-refractivity contribution in [3.05, 3.63) is 21.8 Å². The molecule has 2 fully saturated rings. The molecule has 1 aromatic rings. The lowest BCUT2D eigenvalue weighted by atomic mass is 9.82. The summed E-state index contributed by atoms with van der Waals surface area (Å²) in [5.74, 6) is 0. The Morgan fingerprint density at radius 3 is 2.58 bits per heavy atom. The maximum absolute atomic E-state index is 5.81. The fourth-order valence-electron chi connectivity index (χ4n) is 3.60. The molecule has 19 heavy (non-hydrogen) atoms. The second-order valence-electron chi connectivity index (χ2n) is 5.96. The van der Waals surface area contributed by atoms with Gasteiger partial charge in [0, 0.05) is 33.1 Å². The minimum absolute atomic E-state index is 0.614. The number of piperidine rings is 2. The van der Waals surface area contributed by atoms with Crippen LogP contribution in [0, 0.1) is 3.57 Å². The number of nitrogens with two attached hydrogens (primary N) is 1. The van der Waals surface area contributed by atoms with Gasteiger partial charge in [0.1, 0.15) is 0 Å². The molecule has 0 radical (unpaired) electrons. The number of anilines is 2. The Kier molecular flexibility index (Phi) is 3.89. The van der Waals surface area contributed by atoms with E-state index >= 15 is 0 Å². The fraction of sp³-hybridized carbons (Fsp3) is 0.600. The third kappa shape index (κ3) is 2.84. The molecule has 1 aromatic carbocycles. The molecule has 2 aliphatic heterocycles. The summed E-state index contributed by atoms with van der Waals surface area (Å²) in [6, 6.07) is 8.31. The van der Waals surface area contributed by atoms with Crippen molar-refractivity contribution in [1.29, 1.82) is 0 Å². The number of nitrogen functional groups attached to an aromatic ring is 1. The normalized spacial score (nSPS) is 31.2. The average molecular weight is 371 g/mol. The summed E-state index contributed by atoms with van der Waals surface area (Å²) in [6.07, 6.45) is 6.68. The monoisotopic (exact) mass is 371 g/mol. The molecule has 104 valence electrons. The lowest BCUT2D eigenvalue weighted by molar-refractivity contribution is 0.0608. The van der Waals surface area contributed by atoms with Crippen molar-refractivity contribution in [1.82, 2.24) is 4.90 Å². The van der Waals surface area contributed by atoms with Gasteiger partial charge in [-0.15, -0.1) is 0 Å². The molecule has 0 aliphatic carbocycles. The molecule has 4 heteroatoms. The first kappa shape index (κ1) is 13.5. The van der Waals surface area contributed by atoms with Gasteiger partial charge >= 0.3 is 0 Å². The van der Waals surface area contributed by atoms with Gasteiger partial charge < -0.3 is 16.0 Å². The Labute approximate surface area is 129 Å². The minimum Gasteiger partial charge on any atom is -0.399 e. The van der Waals surface area contributed by atoms with E-state index in [-0.39, 0.29) is 0 Å². The van der Waals surface area contributed by atoms with Gasteiger partial charge in [0.25, 0.3) is 0 Å². The summed E-state index contributed by atoms with van der Waals surface area (Å²) in [6.45, 7) is 0. The summed E-state index contributed by atoms with van der Waals surface area (Å²) < 4.78 is 1.22. The fourth-order valence-corrected chi connectivity index (χ4v) is 4.30. The average Bonchev–Trinajstić information content (AvgIpc) is 2.34. The van der Waals surface area contributed by atoms with Gasteiger partial charge in [-0.3, -0.25) is 0 Å². The van der Waals surface area contributed by atoms with E-state index in [0.717, 1.165) is 17.8 Å². The number of rotatable bonds is 2. The van der Waals surface area contributed by atoms with Crippen LogP contribution in [0.2, 0.25) is 0 Å². The predicted molar refractivity (Wildman–Crippen MR) is 89.4 cm³/mol. The number of fused-ring (bicyclic) bond motifs is 2. The largest absolute Gasteiger partial charge is 0.399 e. The lowest BCUT2D eigenvalue weighted by Crippen LogP contribution is -2.52. The molecule has 2 saturated heterocycles. The molecular formula is C15H22IN3. The molecule has 3 N–H and O–H groups in total. The Balaban J connectivity index is 1.70. The summed E-state index contributed by atoms with van der Waals surface area (Å²) in [4.78, 5) is 2.61. The molecule has 0 spiro atoms. The maximum Gasteiger partial charge on any atom is 0.0479 e. The van der Waals surface area contributed by atoms with Gasteiger partial charge in [0.05, 0.1) is 0 Å². The first-order valence-electron chi connectivity index (χ1n) is 7.17. The van der Waals surface area contributed by atoms with Crippen molar-refractivity contribution < 1.29 is 0 Å². The summed E-state index contributed by atoms with van der Waals surface area (Å²) in [5.41, 5.74) is 7.90. The van der Waals surface area contributed by atoms with Crippen LogP contribution in [-0.2, 0) is 0 Å². The van der Waals surface area contributed by atoms with E-state index in [1.54, 1.807) is 0 Å². The smallest absolute Gasteiger partial charge is 0.0479 e. The summed E-state index contributed by atoms with van der Waals surface area (Å²) in [5, 5.41) is 3.74. The highest BCUT2D eigenvalue weighted by atomic mass is 127. The zero-order chi connectivity index (χ0) is 13.4. The first-order valence-corrected chi connectivity index (χ1v) is 8.25. The topological polar surface area (TPSA) is 41.3 Å². The predicted octanol–water partition coefficient (Wildman–Crippen LogP) is 3.30. The van der Waals surface area contributed by atoms with Crippen molar-refractivity contribution in [2.24, 2.45) is 0 Å². The number of nitrogens with zero attached hydrogens (tertiary/aromatic N) is 1. The van der Waals surface area contributed by atoms with E-state index in [0.29, 0.717) is 6.04 Å². The second-order valence-corrected chi connectivity index (χ2v) is 7.12. The summed E-state index contributed by atoms with van der Waals surface area (Å²) in [7, 11) is 2.30. The number of benzene rings is 1. The standard InChI is InChI=1S/C15H22IN3/c1-19-12-3-2-4-13(19)9-11(8-12)18-15-6-5-10(17)7-14(15)16/h5-7,11-13,18H,2-4,8-9,17H2,1H3. The van der Waals surface area contributed by atoms with Crippen molar-refractivity contribution in [2.45, 2.75) is 50.2 Å². The van der Waals surface area contributed by atoms with E-state index in [1.807, 2.05) is 12.1 Å². The number of nitrogens with one attached hydrogen (secondary N) is 1. The molecule has 0 saturated carbocycles. The van der Waals surface area contributed by atoms with Crippen LogP contribution in [0.15, 0.2) is 18.2 Å². The molecule has 3 nitrogen and oxygen atoms in total. The Morgan fingerprint density at radius 2 is 1.95 bits per heavy atom. The quantitative estimate of drug-likeness (QED) is 0.619. The SMILES string of the molecule is CN1C2CCCC1CC(Nc1ccc(N)cc1I)C2. The Morgan fingerprint density at radius 1 is 1.26 bits per heavy atom. The van der Waals surface area contributed by atoms with Crippen LogP contribution >= 0.6 is 22.6 Å². The highest BCUT2D eigenvalue weighted by Crippen LogP contribution is 2.34. The molecule has 2 aliphatic rings. The van der Waals surface area contributed by atoms with Crippen LogP contribution < -0.4 is 11.1 Å². The Hall–Kier alpha value is -0.490. The molecule has 2 unspecified atom stereocenters. The van der Waals surface area contributed by atoms with Crippen molar-refractivity contribution in [3.63, 3.8) is 0 Å². The number of halogens is 1. The van der Waals surface area contributed by atoms with Crippen LogP contribution in [0.4, 0.5) is 11.4 Å². The molecular weight excluding hydrogens is 349 g/mol. The van der Waals surface area contributed by atoms with E-state index in [9.17, 15) is 0 Å². The van der Waals surface area contributed by atoms with Crippen molar-refractivity contribution >= 4 is 34.0 Å². The molecule has 3 rings (SSSR count). The van der Waals surface area contributed by atoms with E-state index in [2.05, 4.69) is 45.9 Å². The third-order valence-electron chi connectivity index (χ3n) is 4.69.